The van der Waals surface area contributed by atoms with Gasteiger partial charge in [-0.15, -0.1) is 12.6 Å². The summed E-state index contributed by atoms with van der Waals surface area (Å²) >= 11 is 10.2. The van der Waals surface area contributed by atoms with Crippen molar-refractivity contribution in [3.05, 3.63) is 53.1 Å². The van der Waals surface area contributed by atoms with E-state index >= 15 is 0 Å². The molecule has 2 heterocycles. The van der Waals surface area contributed by atoms with Gasteiger partial charge in [0.2, 0.25) is 0 Å². The van der Waals surface area contributed by atoms with Crippen LogP contribution in [0.25, 0.3) is 0 Å². The monoisotopic (exact) mass is 461 g/mol. The van der Waals surface area contributed by atoms with Crippen molar-refractivity contribution in [1.29, 1.82) is 0 Å². The standard InChI is InChI=1S/C21H20ClN3O5S/c22-13-1-6-18(31)17(9-13)20(27)23-10-16-11-25(21(28)30-16)15-4-2-14(3-5-15)24-7-8-29-12-19(24)26/h1-6,9,16,31H,7-8,10-12H2,(H,23,27)/t16-/m0/s1. The van der Waals surface area contributed by atoms with Gasteiger partial charge in [-0.3, -0.25) is 14.5 Å². The van der Waals surface area contributed by atoms with Crippen LogP contribution in [0.15, 0.2) is 47.4 Å². The topological polar surface area (TPSA) is 88.2 Å². The van der Waals surface area contributed by atoms with Gasteiger partial charge in [-0.05, 0) is 42.5 Å². The van der Waals surface area contributed by atoms with Gasteiger partial charge in [-0.2, -0.15) is 0 Å². The minimum absolute atomic E-state index is 0.0670. The molecule has 3 amide bonds. The maximum atomic E-state index is 12.4. The van der Waals surface area contributed by atoms with Crippen LogP contribution in [0.2, 0.25) is 5.02 Å². The summed E-state index contributed by atoms with van der Waals surface area (Å²) in [4.78, 5) is 40.3. The fourth-order valence-corrected chi connectivity index (χ4v) is 3.85. The Morgan fingerprint density at radius 1 is 1.13 bits per heavy atom. The molecule has 2 saturated heterocycles. The van der Waals surface area contributed by atoms with Crippen LogP contribution in [0.3, 0.4) is 0 Å². The SMILES string of the molecule is O=C(NC[C@H]1CN(c2ccc(N3CCOCC3=O)cc2)C(=O)O1)c1cc(Cl)ccc1S. The number of nitrogens with one attached hydrogen (secondary N) is 1. The van der Waals surface area contributed by atoms with Gasteiger partial charge in [0, 0.05) is 27.8 Å². The molecule has 0 unspecified atom stereocenters. The van der Waals surface area contributed by atoms with Gasteiger partial charge in [-0.25, -0.2) is 4.79 Å². The maximum absolute atomic E-state index is 12.4. The lowest BCUT2D eigenvalue weighted by atomic mass is 10.2. The predicted molar refractivity (Wildman–Crippen MR) is 118 cm³/mol. The number of cyclic esters (lactones) is 1. The molecule has 2 aromatic rings. The zero-order valence-electron chi connectivity index (χ0n) is 16.4. The van der Waals surface area contributed by atoms with Gasteiger partial charge in [0.15, 0.2) is 0 Å². The van der Waals surface area contributed by atoms with Crippen molar-refractivity contribution in [3.8, 4) is 0 Å². The van der Waals surface area contributed by atoms with E-state index in [2.05, 4.69) is 17.9 Å². The molecule has 8 nitrogen and oxygen atoms in total. The molecule has 0 aliphatic carbocycles. The number of carbonyl (C=O) groups excluding carboxylic acids is 3. The van der Waals surface area contributed by atoms with Gasteiger partial charge in [0.25, 0.3) is 11.8 Å². The largest absolute Gasteiger partial charge is 0.442 e. The zero-order valence-corrected chi connectivity index (χ0v) is 18.1. The smallest absolute Gasteiger partial charge is 0.414 e. The van der Waals surface area contributed by atoms with Gasteiger partial charge < -0.3 is 19.7 Å². The highest BCUT2D eigenvalue weighted by Crippen LogP contribution is 2.26. The van der Waals surface area contributed by atoms with Crippen LogP contribution in [-0.4, -0.2) is 56.9 Å². The second kappa shape index (κ2) is 9.17. The second-order valence-electron chi connectivity index (χ2n) is 7.10. The normalized spacial score (nSPS) is 18.8. The number of ether oxygens (including phenoxy) is 2. The lowest BCUT2D eigenvalue weighted by molar-refractivity contribution is -0.125. The summed E-state index contributed by atoms with van der Waals surface area (Å²) in [7, 11) is 0. The summed E-state index contributed by atoms with van der Waals surface area (Å²) in [5.41, 5.74) is 1.75. The Kier molecular flexibility index (Phi) is 6.35. The Morgan fingerprint density at radius 2 is 1.84 bits per heavy atom. The number of hydrogen-bond acceptors (Lipinski definition) is 6. The number of morpholine rings is 1. The van der Waals surface area contributed by atoms with Crippen molar-refractivity contribution in [2.45, 2.75) is 11.0 Å². The van der Waals surface area contributed by atoms with Gasteiger partial charge in [0.1, 0.15) is 12.7 Å². The quantitative estimate of drug-likeness (QED) is 0.668. The minimum atomic E-state index is -0.500. The number of hydrogen-bond donors (Lipinski definition) is 2. The first-order valence-electron chi connectivity index (χ1n) is 9.65. The van der Waals surface area contributed by atoms with Crippen LogP contribution in [0.5, 0.6) is 0 Å². The fourth-order valence-electron chi connectivity index (χ4n) is 3.43. The zero-order chi connectivity index (χ0) is 22.0. The van der Waals surface area contributed by atoms with Gasteiger partial charge in [0.05, 0.1) is 25.3 Å². The Morgan fingerprint density at radius 3 is 2.55 bits per heavy atom. The predicted octanol–water partition coefficient (Wildman–Crippen LogP) is 2.75. The third-order valence-corrected chi connectivity index (χ3v) is 5.65. The fraction of sp³-hybridized carbons (Fsp3) is 0.286. The van der Waals surface area contributed by atoms with E-state index < -0.39 is 12.2 Å². The molecule has 4 rings (SSSR count). The van der Waals surface area contributed by atoms with Crippen LogP contribution < -0.4 is 15.1 Å². The molecule has 31 heavy (non-hydrogen) atoms. The van der Waals surface area contributed by atoms with E-state index in [1.54, 1.807) is 41.3 Å². The Balaban J connectivity index is 1.36. The van der Waals surface area contributed by atoms with Crippen LogP contribution in [0.1, 0.15) is 10.4 Å². The molecule has 0 bridgehead atoms. The molecule has 1 atom stereocenters. The summed E-state index contributed by atoms with van der Waals surface area (Å²) < 4.78 is 10.5. The number of thiol groups is 1. The molecule has 162 valence electrons. The molecule has 0 spiro atoms. The van der Waals surface area contributed by atoms with E-state index in [4.69, 9.17) is 21.1 Å². The molecule has 2 aliphatic heterocycles. The number of anilines is 2. The number of amides is 3. The summed E-state index contributed by atoms with van der Waals surface area (Å²) in [6, 6.07) is 11.9. The highest BCUT2D eigenvalue weighted by molar-refractivity contribution is 7.80. The lowest BCUT2D eigenvalue weighted by Gasteiger charge is -2.27. The first kappa shape index (κ1) is 21.5. The van der Waals surface area contributed by atoms with Crippen molar-refractivity contribution in [2.75, 3.05) is 42.6 Å². The number of rotatable bonds is 5. The Hall–Kier alpha value is -2.75. The number of nitrogens with zero attached hydrogens (tertiary/aromatic N) is 2. The molecule has 10 heteroatoms. The van der Waals surface area contributed by atoms with Crippen LogP contribution in [0, 0.1) is 0 Å². The minimum Gasteiger partial charge on any atom is -0.442 e. The third-order valence-electron chi connectivity index (χ3n) is 5.03. The van der Waals surface area contributed by atoms with Crippen molar-refractivity contribution in [2.24, 2.45) is 0 Å². The Bertz CT molecular complexity index is 1020. The molecule has 0 aromatic heterocycles. The summed E-state index contributed by atoms with van der Waals surface area (Å²) in [6.07, 6.45) is -0.994. The molecule has 2 fully saturated rings. The van der Waals surface area contributed by atoms with Gasteiger partial charge >= 0.3 is 6.09 Å². The van der Waals surface area contributed by atoms with Crippen LogP contribution in [0.4, 0.5) is 16.2 Å². The first-order chi connectivity index (χ1) is 14.9. The van der Waals surface area contributed by atoms with Gasteiger partial charge in [-0.1, -0.05) is 11.6 Å². The van der Waals surface area contributed by atoms with E-state index in [0.717, 1.165) is 5.69 Å². The molecular weight excluding hydrogens is 442 g/mol. The van der Waals surface area contributed by atoms with E-state index in [9.17, 15) is 14.4 Å². The molecular formula is C21H20ClN3O5S. The summed E-state index contributed by atoms with van der Waals surface area (Å²) in [6.45, 7) is 1.49. The summed E-state index contributed by atoms with van der Waals surface area (Å²) in [5.74, 6) is -0.444. The highest BCUT2D eigenvalue weighted by Gasteiger charge is 2.33. The van der Waals surface area contributed by atoms with Crippen LogP contribution in [-0.2, 0) is 14.3 Å². The van der Waals surface area contributed by atoms with Crippen molar-refractivity contribution < 1.29 is 23.9 Å². The average molecular weight is 462 g/mol. The number of benzene rings is 2. The first-order valence-corrected chi connectivity index (χ1v) is 10.5. The molecule has 2 aliphatic rings. The van der Waals surface area contributed by atoms with E-state index in [1.807, 2.05) is 0 Å². The van der Waals surface area contributed by atoms with Crippen molar-refractivity contribution >= 4 is 53.5 Å². The molecule has 2 aromatic carbocycles. The molecule has 1 N–H and O–H groups in total. The average Bonchev–Trinajstić information content (AvgIpc) is 3.15. The maximum Gasteiger partial charge on any atom is 0.414 e. The lowest BCUT2D eigenvalue weighted by Crippen LogP contribution is -2.41. The molecule has 0 radical (unpaired) electrons. The Labute approximate surface area is 189 Å². The summed E-state index contributed by atoms with van der Waals surface area (Å²) in [5, 5.41) is 3.19. The number of halogens is 1. The van der Waals surface area contributed by atoms with E-state index in [1.165, 1.54) is 11.0 Å². The van der Waals surface area contributed by atoms with Crippen molar-refractivity contribution in [3.63, 3.8) is 0 Å². The third kappa shape index (κ3) is 4.79. The van der Waals surface area contributed by atoms with E-state index in [0.29, 0.717) is 34.3 Å². The van der Waals surface area contributed by atoms with Crippen molar-refractivity contribution in [1.82, 2.24) is 5.32 Å². The number of carbonyl (C=O) groups is 3. The van der Waals surface area contributed by atoms with Crippen LogP contribution >= 0.6 is 24.2 Å². The second-order valence-corrected chi connectivity index (χ2v) is 8.02. The van der Waals surface area contributed by atoms with E-state index in [-0.39, 0.29) is 31.5 Å². The molecule has 0 saturated carbocycles. The highest BCUT2D eigenvalue weighted by atomic mass is 35.5.